The SMILES string of the molecule is CC(=C1C(=O)OC(C)(C)OC1=O)c1ccc(C(C)C)cc1. The first kappa shape index (κ1) is 15.3. The Kier molecular flexibility index (Phi) is 3.90. The molecule has 1 aromatic carbocycles. The van der Waals surface area contributed by atoms with Gasteiger partial charge in [-0.05, 0) is 29.5 Å². The van der Waals surface area contributed by atoms with Crippen molar-refractivity contribution in [2.45, 2.75) is 46.3 Å². The third-order valence-electron chi connectivity index (χ3n) is 3.47. The smallest absolute Gasteiger partial charge is 0.349 e. The lowest BCUT2D eigenvalue weighted by Crippen LogP contribution is -2.42. The van der Waals surface area contributed by atoms with Gasteiger partial charge in [-0.1, -0.05) is 38.1 Å². The summed E-state index contributed by atoms with van der Waals surface area (Å²) in [5, 5.41) is 0. The molecular weight excluding hydrogens is 268 g/mol. The summed E-state index contributed by atoms with van der Waals surface area (Å²) in [4.78, 5) is 24.1. The first-order valence-corrected chi connectivity index (χ1v) is 6.99. The van der Waals surface area contributed by atoms with E-state index in [0.717, 1.165) is 5.56 Å². The highest BCUT2D eigenvalue weighted by Gasteiger charge is 2.40. The molecule has 1 aromatic rings. The van der Waals surface area contributed by atoms with Gasteiger partial charge in [0.2, 0.25) is 0 Å². The van der Waals surface area contributed by atoms with Crippen molar-refractivity contribution in [2.24, 2.45) is 0 Å². The van der Waals surface area contributed by atoms with Gasteiger partial charge in [0.15, 0.2) is 0 Å². The van der Waals surface area contributed by atoms with Crippen LogP contribution in [0.4, 0.5) is 0 Å². The highest BCUT2D eigenvalue weighted by molar-refractivity contribution is 6.20. The van der Waals surface area contributed by atoms with Gasteiger partial charge in [0.25, 0.3) is 5.79 Å². The van der Waals surface area contributed by atoms with Crippen molar-refractivity contribution in [3.05, 3.63) is 41.0 Å². The van der Waals surface area contributed by atoms with Crippen molar-refractivity contribution in [3.63, 3.8) is 0 Å². The molecule has 1 aliphatic heterocycles. The van der Waals surface area contributed by atoms with Gasteiger partial charge < -0.3 is 9.47 Å². The van der Waals surface area contributed by atoms with Crippen LogP contribution in [0.3, 0.4) is 0 Å². The molecule has 112 valence electrons. The molecule has 0 atom stereocenters. The highest BCUT2D eigenvalue weighted by atomic mass is 16.7. The van der Waals surface area contributed by atoms with Gasteiger partial charge >= 0.3 is 11.9 Å². The minimum absolute atomic E-state index is 0.0355. The molecule has 0 aliphatic carbocycles. The molecule has 21 heavy (non-hydrogen) atoms. The number of hydrogen-bond acceptors (Lipinski definition) is 4. The number of cyclic esters (lactones) is 2. The van der Waals surface area contributed by atoms with E-state index in [2.05, 4.69) is 13.8 Å². The lowest BCUT2D eigenvalue weighted by molar-refractivity contribution is -0.222. The molecular formula is C17H20O4. The van der Waals surface area contributed by atoms with Crippen LogP contribution in [0.15, 0.2) is 29.8 Å². The largest absolute Gasteiger partial charge is 0.419 e. The average Bonchev–Trinajstić information content (AvgIpc) is 2.36. The summed E-state index contributed by atoms with van der Waals surface area (Å²) in [5.41, 5.74) is 2.54. The molecule has 4 heteroatoms. The lowest BCUT2D eigenvalue weighted by Gasteiger charge is -2.30. The zero-order chi connectivity index (χ0) is 15.8. The Bertz CT molecular complexity index is 584. The summed E-state index contributed by atoms with van der Waals surface area (Å²) in [6.45, 7) is 9.01. The fraction of sp³-hybridized carbons (Fsp3) is 0.412. The minimum Gasteiger partial charge on any atom is -0.419 e. The zero-order valence-corrected chi connectivity index (χ0v) is 13.0. The lowest BCUT2D eigenvalue weighted by atomic mass is 9.96. The van der Waals surface area contributed by atoms with Crippen LogP contribution in [0.1, 0.15) is 51.7 Å². The molecule has 0 unspecified atom stereocenters. The summed E-state index contributed by atoms with van der Waals surface area (Å²) in [5.74, 6) is -2.06. The number of ether oxygens (including phenoxy) is 2. The van der Waals surface area contributed by atoms with Crippen molar-refractivity contribution in [1.82, 2.24) is 0 Å². The molecule has 2 rings (SSSR count). The van der Waals surface area contributed by atoms with Gasteiger partial charge in [-0.2, -0.15) is 0 Å². The number of benzene rings is 1. The number of esters is 2. The van der Waals surface area contributed by atoms with E-state index in [1.165, 1.54) is 19.4 Å². The van der Waals surface area contributed by atoms with Crippen molar-refractivity contribution >= 4 is 17.5 Å². The topological polar surface area (TPSA) is 52.6 Å². The molecule has 0 spiro atoms. The standard InChI is InChI=1S/C17H20O4/c1-10(2)12-6-8-13(9-7-12)11(3)14-15(18)20-17(4,5)21-16(14)19/h6-10H,1-5H3. The van der Waals surface area contributed by atoms with Crippen LogP contribution < -0.4 is 0 Å². The Morgan fingerprint density at radius 2 is 1.48 bits per heavy atom. The fourth-order valence-corrected chi connectivity index (χ4v) is 2.22. The maximum atomic E-state index is 12.0. The summed E-state index contributed by atoms with van der Waals surface area (Å²) in [7, 11) is 0. The Morgan fingerprint density at radius 1 is 1.00 bits per heavy atom. The quantitative estimate of drug-likeness (QED) is 0.475. The monoisotopic (exact) mass is 288 g/mol. The van der Waals surface area contributed by atoms with Crippen LogP contribution >= 0.6 is 0 Å². The van der Waals surface area contributed by atoms with E-state index < -0.39 is 17.7 Å². The van der Waals surface area contributed by atoms with E-state index in [-0.39, 0.29) is 5.57 Å². The van der Waals surface area contributed by atoms with E-state index in [1.807, 2.05) is 24.3 Å². The summed E-state index contributed by atoms with van der Waals surface area (Å²) in [6.07, 6.45) is 0. The van der Waals surface area contributed by atoms with Crippen molar-refractivity contribution in [3.8, 4) is 0 Å². The number of hydrogen-bond donors (Lipinski definition) is 0. The first-order chi connectivity index (χ1) is 9.71. The molecule has 1 saturated heterocycles. The van der Waals surface area contributed by atoms with Crippen molar-refractivity contribution in [2.75, 3.05) is 0 Å². The van der Waals surface area contributed by atoms with Gasteiger partial charge in [-0.3, -0.25) is 0 Å². The van der Waals surface area contributed by atoms with Crippen molar-refractivity contribution in [1.29, 1.82) is 0 Å². The predicted molar refractivity (Wildman–Crippen MR) is 79.4 cm³/mol. The van der Waals surface area contributed by atoms with Crippen LogP contribution in [0, 0.1) is 0 Å². The van der Waals surface area contributed by atoms with E-state index >= 15 is 0 Å². The maximum absolute atomic E-state index is 12.0. The van der Waals surface area contributed by atoms with Gasteiger partial charge in [0.05, 0.1) is 0 Å². The van der Waals surface area contributed by atoms with E-state index in [4.69, 9.17) is 9.47 Å². The Morgan fingerprint density at radius 3 is 1.90 bits per heavy atom. The van der Waals surface area contributed by atoms with Gasteiger partial charge in [0, 0.05) is 13.8 Å². The van der Waals surface area contributed by atoms with Gasteiger partial charge in [-0.15, -0.1) is 0 Å². The van der Waals surface area contributed by atoms with Gasteiger partial charge in [0.1, 0.15) is 5.57 Å². The molecule has 1 fully saturated rings. The highest BCUT2D eigenvalue weighted by Crippen LogP contribution is 2.29. The number of rotatable bonds is 2. The number of allylic oxidation sites excluding steroid dienone is 1. The molecule has 0 amide bonds. The second-order valence-corrected chi connectivity index (χ2v) is 5.96. The Labute approximate surface area is 124 Å². The molecule has 0 radical (unpaired) electrons. The van der Waals surface area contributed by atoms with E-state index in [1.54, 1.807) is 6.92 Å². The van der Waals surface area contributed by atoms with Gasteiger partial charge in [-0.25, -0.2) is 9.59 Å². The second kappa shape index (κ2) is 5.35. The van der Waals surface area contributed by atoms with Crippen LogP contribution in [0.25, 0.3) is 5.57 Å². The summed E-state index contributed by atoms with van der Waals surface area (Å²) < 4.78 is 10.2. The van der Waals surface area contributed by atoms with E-state index in [9.17, 15) is 9.59 Å². The van der Waals surface area contributed by atoms with Crippen LogP contribution in [0.5, 0.6) is 0 Å². The Hall–Kier alpha value is -2.10. The molecule has 1 heterocycles. The normalized spacial score (nSPS) is 17.5. The molecule has 0 saturated carbocycles. The predicted octanol–water partition coefficient (Wildman–Crippen LogP) is 3.42. The summed E-state index contributed by atoms with van der Waals surface area (Å²) >= 11 is 0. The molecule has 0 N–H and O–H groups in total. The Balaban J connectivity index is 2.39. The second-order valence-electron chi connectivity index (χ2n) is 5.96. The fourth-order valence-electron chi connectivity index (χ4n) is 2.22. The van der Waals surface area contributed by atoms with Crippen molar-refractivity contribution < 1.29 is 19.1 Å². The van der Waals surface area contributed by atoms with Crippen LogP contribution in [-0.2, 0) is 19.1 Å². The molecule has 1 aliphatic rings. The van der Waals surface area contributed by atoms with E-state index in [0.29, 0.717) is 11.5 Å². The maximum Gasteiger partial charge on any atom is 0.349 e. The number of carbonyl (C=O) groups is 2. The third-order valence-corrected chi connectivity index (χ3v) is 3.47. The average molecular weight is 288 g/mol. The first-order valence-electron chi connectivity index (χ1n) is 6.99. The molecule has 4 nitrogen and oxygen atoms in total. The molecule has 0 bridgehead atoms. The van der Waals surface area contributed by atoms with Crippen LogP contribution in [0.2, 0.25) is 0 Å². The summed E-state index contributed by atoms with van der Waals surface area (Å²) in [6, 6.07) is 7.79. The molecule has 0 aromatic heterocycles. The van der Waals surface area contributed by atoms with Crippen LogP contribution in [-0.4, -0.2) is 17.7 Å². The minimum atomic E-state index is -1.21. The third kappa shape index (κ3) is 3.15. The number of carbonyl (C=O) groups excluding carboxylic acids is 2. The zero-order valence-electron chi connectivity index (χ0n) is 13.0.